The van der Waals surface area contributed by atoms with E-state index in [-0.39, 0.29) is 25.9 Å². The zero-order valence-electron chi connectivity index (χ0n) is 16.5. The Bertz CT molecular complexity index is 897. The second kappa shape index (κ2) is 9.94. The maximum Gasteiger partial charge on any atom is 0.325 e. The molecule has 9 nitrogen and oxygen atoms in total. The van der Waals surface area contributed by atoms with E-state index in [9.17, 15) is 31.6 Å². The Morgan fingerprint density at radius 2 is 1.60 bits per heavy atom. The molecule has 1 aromatic carbocycles. The van der Waals surface area contributed by atoms with Crippen LogP contribution in [-0.2, 0) is 33.9 Å². The molecule has 1 aliphatic rings. The molecule has 0 aliphatic carbocycles. The topological polar surface area (TPSA) is 110 Å². The quantitative estimate of drug-likeness (QED) is 0.560. The summed E-state index contributed by atoms with van der Waals surface area (Å²) in [6.45, 7) is -1.15. The molecule has 0 unspecified atom stereocenters. The number of hydrogen-bond acceptors (Lipinski definition) is 7. The number of piperidine rings is 1. The number of esters is 2. The number of rotatable bonds is 7. The molecular formula is C18H22F2N2O7S. The lowest BCUT2D eigenvalue weighted by atomic mass is 9.96. The number of hydrogen-bond donors (Lipinski definition) is 0. The molecule has 166 valence electrons. The van der Waals surface area contributed by atoms with Crippen LogP contribution in [0.15, 0.2) is 23.1 Å². The highest BCUT2D eigenvalue weighted by Gasteiger charge is 2.36. The molecule has 0 N–H and O–H groups in total. The normalized spacial score (nSPS) is 15.5. The van der Waals surface area contributed by atoms with Crippen LogP contribution in [-0.4, -0.2) is 75.9 Å². The molecule has 0 radical (unpaired) electrons. The van der Waals surface area contributed by atoms with Crippen LogP contribution in [0.3, 0.4) is 0 Å². The third-order valence-corrected chi connectivity index (χ3v) is 6.63. The minimum atomic E-state index is -4.29. The fourth-order valence-electron chi connectivity index (χ4n) is 3.07. The molecule has 1 fully saturated rings. The average molecular weight is 448 g/mol. The zero-order chi connectivity index (χ0) is 22.5. The van der Waals surface area contributed by atoms with Gasteiger partial charge in [-0.2, -0.15) is 4.31 Å². The van der Waals surface area contributed by atoms with Gasteiger partial charge in [0.15, 0.2) is 0 Å². The fraction of sp³-hybridized carbons (Fsp3) is 0.500. The lowest BCUT2D eigenvalue weighted by molar-refractivity contribution is -0.154. The molecular weight excluding hydrogens is 426 g/mol. The maximum atomic E-state index is 13.9. The van der Waals surface area contributed by atoms with E-state index in [2.05, 4.69) is 9.47 Å². The van der Waals surface area contributed by atoms with Crippen molar-refractivity contribution in [3.8, 4) is 0 Å². The van der Waals surface area contributed by atoms with Gasteiger partial charge in [0.2, 0.25) is 15.9 Å². The Morgan fingerprint density at radius 1 is 1.07 bits per heavy atom. The van der Waals surface area contributed by atoms with Gasteiger partial charge >= 0.3 is 11.9 Å². The number of sulfonamides is 1. The standard InChI is InChI=1S/C18H22F2N2O7S/c1-28-16(23)10-21(11-17(24)29-2)18(25)12-5-7-22(8-6-12)30(26,27)15-9-13(19)3-4-14(15)20/h3-4,9,12H,5-8,10-11H2,1-2H3. The number of nitrogens with zero attached hydrogens (tertiary/aromatic N) is 2. The number of amides is 1. The Morgan fingerprint density at radius 3 is 2.10 bits per heavy atom. The number of benzene rings is 1. The second-order valence-electron chi connectivity index (χ2n) is 6.60. The third-order valence-electron chi connectivity index (χ3n) is 4.72. The molecule has 1 saturated heterocycles. The Kier molecular flexibility index (Phi) is 7.84. The molecule has 1 amide bonds. The van der Waals surface area contributed by atoms with Gasteiger partial charge in [0.05, 0.1) is 14.2 Å². The number of carbonyl (C=O) groups excluding carboxylic acids is 3. The SMILES string of the molecule is COC(=O)CN(CC(=O)OC)C(=O)C1CCN(S(=O)(=O)c2cc(F)ccc2F)CC1. The Balaban J connectivity index is 2.10. The van der Waals surface area contributed by atoms with Crippen LogP contribution in [0.4, 0.5) is 8.78 Å². The first-order valence-electron chi connectivity index (χ1n) is 8.97. The van der Waals surface area contributed by atoms with Crippen LogP contribution < -0.4 is 0 Å². The van der Waals surface area contributed by atoms with Crippen LogP contribution in [0.5, 0.6) is 0 Å². The van der Waals surface area contributed by atoms with E-state index >= 15 is 0 Å². The molecule has 0 bridgehead atoms. The largest absolute Gasteiger partial charge is 0.468 e. The minimum Gasteiger partial charge on any atom is -0.468 e. The molecule has 0 saturated carbocycles. The van der Waals surface area contributed by atoms with E-state index < -0.39 is 63.4 Å². The van der Waals surface area contributed by atoms with Crippen molar-refractivity contribution in [1.29, 1.82) is 0 Å². The lowest BCUT2D eigenvalue weighted by Crippen LogP contribution is -2.47. The summed E-state index contributed by atoms with van der Waals surface area (Å²) in [6, 6.07) is 2.16. The van der Waals surface area contributed by atoms with Gasteiger partial charge in [0, 0.05) is 19.0 Å². The van der Waals surface area contributed by atoms with Crippen molar-refractivity contribution in [3.05, 3.63) is 29.8 Å². The molecule has 12 heteroatoms. The predicted molar refractivity (Wildman–Crippen MR) is 98.5 cm³/mol. The van der Waals surface area contributed by atoms with E-state index in [0.717, 1.165) is 35.6 Å². The van der Waals surface area contributed by atoms with Gasteiger partial charge in [-0.15, -0.1) is 0 Å². The van der Waals surface area contributed by atoms with Crippen LogP contribution in [0, 0.1) is 17.6 Å². The molecule has 1 heterocycles. The van der Waals surface area contributed by atoms with E-state index in [4.69, 9.17) is 0 Å². The molecule has 1 aliphatic heterocycles. The summed E-state index contributed by atoms with van der Waals surface area (Å²) in [6.07, 6.45) is 0.154. The maximum absolute atomic E-state index is 13.9. The highest BCUT2D eigenvalue weighted by Crippen LogP contribution is 2.27. The first kappa shape index (κ1) is 23.7. The fourth-order valence-corrected chi connectivity index (χ4v) is 4.61. The van der Waals surface area contributed by atoms with Crippen molar-refractivity contribution in [3.63, 3.8) is 0 Å². The highest BCUT2D eigenvalue weighted by atomic mass is 32.2. The number of carbonyl (C=O) groups is 3. The highest BCUT2D eigenvalue weighted by molar-refractivity contribution is 7.89. The molecule has 1 aromatic rings. The Hall–Kier alpha value is -2.60. The number of halogens is 2. The van der Waals surface area contributed by atoms with Gasteiger partial charge in [-0.25, -0.2) is 17.2 Å². The van der Waals surface area contributed by atoms with Crippen molar-refractivity contribution < 1.29 is 41.1 Å². The van der Waals surface area contributed by atoms with Crippen LogP contribution in [0.25, 0.3) is 0 Å². The number of methoxy groups -OCH3 is 2. The van der Waals surface area contributed by atoms with Gasteiger partial charge in [0.1, 0.15) is 29.6 Å². The zero-order valence-corrected chi connectivity index (χ0v) is 17.3. The lowest BCUT2D eigenvalue weighted by Gasteiger charge is -2.33. The summed E-state index contributed by atoms with van der Waals surface area (Å²) in [5.74, 6) is -4.61. The minimum absolute atomic E-state index is 0.0772. The van der Waals surface area contributed by atoms with E-state index in [1.807, 2.05) is 0 Å². The summed E-state index contributed by atoms with van der Waals surface area (Å²) in [5.41, 5.74) is 0. The van der Waals surface area contributed by atoms with E-state index in [0.29, 0.717) is 6.07 Å². The molecule has 0 spiro atoms. The Labute approximate surface area is 172 Å². The summed E-state index contributed by atoms with van der Waals surface area (Å²) < 4.78 is 62.6. The van der Waals surface area contributed by atoms with Crippen molar-refractivity contribution in [2.24, 2.45) is 5.92 Å². The van der Waals surface area contributed by atoms with Gasteiger partial charge < -0.3 is 14.4 Å². The van der Waals surface area contributed by atoms with Gasteiger partial charge in [-0.1, -0.05) is 0 Å². The van der Waals surface area contributed by atoms with Gasteiger partial charge in [0.25, 0.3) is 0 Å². The monoisotopic (exact) mass is 448 g/mol. The van der Waals surface area contributed by atoms with Crippen LogP contribution in [0.1, 0.15) is 12.8 Å². The summed E-state index contributed by atoms with van der Waals surface area (Å²) in [4.78, 5) is 36.1. The molecule has 2 rings (SSSR count). The number of ether oxygens (including phenoxy) is 2. The molecule has 30 heavy (non-hydrogen) atoms. The van der Waals surface area contributed by atoms with Crippen molar-refractivity contribution in [2.75, 3.05) is 40.4 Å². The summed E-state index contributed by atoms with van der Waals surface area (Å²) in [7, 11) is -2.01. The summed E-state index contributed by atoms with van der Waals surface area (Å²) >= 11 is 0. The summed E-state index contributed by atoms with van der Waals surface area (Å²) in [5, 5.41) is 0. The van der Waals surface area contributed by atoms with Crippen molar-refractivity contribution in [1.82, 2.24) is 9.21 Å². The predicted octanol–water partition coefficient (Wildman–Crippen LogP) is 0.540. The van der Waals surface area contributed by atoms with Crippen molar-refractivity contribution >= 4 is 27.9 Å². The van der Waals surface area contributed by atoms with Crippen LogP contribution >= 0.6 is 0 Å². The smallest absolute Gasteiger partial charge is 0.325 e. The second-order valence-corrected chi connectivity index (χ2v) is 8.51. The van der Waals surface area contributed by atoms with E-state index in [1.165, 1.54) is 0 Å². The van der Waals surface area contributed by atoms with E-state index in [1.54, 1.807) is 0 Å². The first-order valence-corrected chi connectivity index (χ1v) is 10.4. The first-order chi connectivity index (χ1) is 14.1. The third kappa shape index (κ3) is 5.51. The average Bonchev–Trinajstić information content (AvgIpc) is 2.74. The molecule has 0 atom stereocenters. The van der Waals surface area contributed by atoms with Crippen LogP contribution in [0.2, 0.25) is 0 Å². The van der Waals surface area contributed by atoms with Gasteiger partial charge in [-0.05, 0) is 31.0 Å². The van der Waals surface area contributed by atoms with Crippen molar-refractivity contribution in [2.45, 2.75) is 17.7 Å². The molecule has 0 aromatic heterocycles. The van der Waals surface area contributed by atoms with Gasteiger partial charge in [-0.3, -0.25) is 14.4 Å².